The Labute approximate surface area is 539 Å². The summed E-state index contributed by atoms with van der Waals surface area (Å²) < 4.78 is 191. The van der Waals surface area contributed by atoms with Crippen molar-refractivity contribution in [2.45, 2.75) is 70.2 Å². The molecule has 15 nitrogen and oxygen atoms in total. The van der Waals surface area contributed by atoms with Gasteiger partial charge in [0.25, 0.3) is 47.3 Å². The topological polar surface area (TPSA) is 180 Å². The maximum absolute atomic E-state index is 16.0. The third-order valence-electron chi connectivity index (χ3n) is 18.5. The SMILES string of the molecule is Cc1ccc(-c2nnc(-c3ccc(N4C(=O)c5ccc(C(c6ccc7c(c6)C(=O)N(c6c(C)c(C)c(N8C(=O)c9ccc(C(c%10ccc%11c(c%10)C(=O)N(C)C%11=O)(C(F)(F)F)C(F)(F)F)cc9C8=O)c(C)c6C)C7=O)(C(F)(F)F)C(F)(F)F)cc5C4=O)cc3)n2-c2ccccc2)cc1. The number of aromatic nitrogens is 3. The largest absolute Gasteiger partial charge is 0.411 e. The number of imide groups is 4. The maximum atomic E-state index is 16.0. The molecule has 4 aliphatic rings. The van der Waals surface area contributed by atoms with Crippen molar-refractivity contribution in [1.29, 1.82) is 0 Å². The van der Waals surface area contributed by atoms with Crippen LogP contribution >= 0.6 is 0 Å². The number of anilines is 3. The summed E-state index contributed by atoms with van der Waals surface area (Å²) in [5.74, 6) is -9.24. The number of halogens is 12. The number of rotatable bonds is 10. The minimum atomic E-state index is -6.35. The molecule has 0 spiro atoms. The van der Waals surface area contributed by atoms with Crippen molar-refractivity contribution < 1.29 is 91.0 Å². The lowest BCUT2D eigenvalue weighted by Gasteiger charge is -2.38. The number of carbonyl (C=O) groups excluding carboxylic acids is 8. The third-order valence-corrected chi connectivity index (χ3v) is 18.5. The monoisotopic (exact) mass is 1340 g/mol. The first-order valence-electron chi connectivity index (χ1n) is 29.1. The second kappa shape index (κ2) is 21.6. The molecule has 0 N–H and O–H groups in total. The van der Waals surface area contributed by atoms with E-state index in [1.165, 1.54) is 52.0 Å². The van der Waals surface area contributed by atoms with Gasteiger partial charge in [-0.3, -0.25) is 47.8 Å². The van der Waals surface area contributed by atoms with Crippen LogP contribution in [0.4, 0.5) is 69.7 Å². The molecule has 13 rings (SSSR count). The fourth-order valence-corrected chi connectivity index (χ4v) is 13.5. The Kier molecular flexibility index (Phi) is 14.3. The molecule has 97 heavy (non-hydrogen) atoms. The number of hydrogen-bond acceptors (Lipinski definition) is 10. The standard InChI is InChI=1S/C70H43F12N7O8/c1-32-12-14-37(15-13-32)55-83-84-56(86(55)43-10-8-7-9-11-43)38-16-22-44(23-17-38)87-59(92)46-25-19-40(29-50(46)62(87)95)66(69(77,78)79,70(80,81)82)42-21-27-48-52(31-42)64(97)89(61(48)94)54-35(4)33(2)53(34(3)36(54)5)88-60(93)47-26-20-41(30-51(47)63(88)96)65(67(71,72)73,68(74,75)76)39-18-24-45-49(28-39)58(91)85(6)57(45)90/h7-31H,1-6H3. The van der Waals surface area contributed by atoms with E-state index < -0.39 is 150 Å². The number of benzene rings is 8. The normalized spacial score (nSPS) is 15.2. The van der Waals surface area contributed by atoms with Crippen LogP contribution in [0.1, 0.15) is 133 Å². The first-order chi connectivity index (χ1) is 45.5. The van der Waals surface area contributed by atoms with Crippen molar-refractivity contribution in [3.05, 3.63) is 246 Å². The van der Waals surface area contributed by atoms with Gasteiger partial charge in [0.2, 0.25) is 10.8 Å². The van der Waals surface area contributed by atoms with Crippen molar-refractivity contribution in [3.63, 3.8) is 0 Å². The molecular formula is C70H43F12N7O8. The van der Waals surface area contributed by atoms with E-state index in [0.29, 0.717) is 103 Å². The van der Waals surface area contributed by atoms with Gasteiger partial charge in [-0.25, -0.2) is 14.7 Å². The molecule has 27 heteroatoms. The summed E-state index contributed by atoms with van der Waals surface area (Å²) in [5.41, 5.74) is -20.9. The molecular weight excluding hydrogens is 1290 g/mol. The average molecular weight is 1340 g/mol. The number of para-hydroxylation sites is 1. The summed E-state index contributed by atoms with van der Waals surface area (Å²) >= 11 is 0. The fourth-order valence-electron chi connectivity index (χ4n) is 13.5. The highest BCUT2D eigenvalue weighted by molar-refractivity contribution is 6.37. The van der Waals surface area contributed by atoms with Gasteiger partial charge < -0.3 is 0 Å². The first-order valence-corrected chi connectivity index (χ1v) is 29.1. The van der Waals surface area contributed by atoms with Gasteiger partial charge in [0, 0.05) is 23.9 Å². The Balaban J connectivity index is 0.822. The Morgan fingerprint density at radius 2 is 0.598 bits per heavy atom. The summed E-state index contributed by atoms with van der Waals surface area (Å²) in [6, 6.07) is 27.0. The lowest BCUT2D eigenvalue weighted by molar-refractivity contribution is -0.290. The maximum Gasteiger partial charge on any atom is 0.411 e. The van der Waals surface area contributed by atoms with E-state index in [9.17, 15) is 38.4 Å². The van der Waals surface area contributed by atoms with E-state index in [1.807, 2.05) is 43.3 Å². The number of hydrogen-bond donors (Lipinski definition) is 0. The van der Waals surface area contributed by atoms with Crippen molar-refractivity contribution in [2.24, 2.45) is 0 Å². The molecule has 1 aromatic heterocycles. The molecule has 5 heterocycles. The molecule has 8 aromatic carbocycles. The van der Waals surface area contributed by atoms with E-state index in [-0.39, 0.29) is 57.5 Å². The zero-order valence-corrected chi connectivity index (χ0v) is 50.9. The highest BCUT2D eigenvalue weighted by atomic mass is 19.4. The van der Waals surface area contributed by atoms with Crippen LogP contribution < -0.4 is 14.7 Å². The molecule has 0 radical (unpaired) electrons. The zero-order chi connectivity index (χ0) is 70.0. The van der Waals surface area contributed by atoms with Gasteiger partial charge in [0.15, 0.2) is 11.6 Å². The summed E-state index contributed by atoms with van der Waals surface area (Å²) in [6.45, 7) is 6.90. The Hall–Kier alpha value is -11.4. The minimum Gasteiger partial charge on any atom is -0.277 e. The lowest BCUT2D eigenvalue weighted by atomic mass is 9.71. The van der Waals surface area contributed by atoms with Crippen LogP contribution in [0.3, 0.4) is 0 Å². The van der Waals surface area contributed by atoms with E-state index in [1.54, 1.807) is 22.8 Å². The fraction of sp³-hybridized carbons (Fsp3) is 0.171. The number of amides is 8. The molecule has 8 amide bonds. The summed E-state index contributed by atoms with van der Waals surface area (Å²) in [6.07, 6.45) is -25.3. The van der Waals surface area contributed by atoms with Crippen LogP contribution in [0.5, 0.6) is 0 Å². The molecule has 0 saturated heterocycles. The van der Waals surface area contributed by atoms with Crippen LogP contribution in [-0.4, -0.2) is 98.7 Å². The smallest absolute Gasteiger partial charge is 0.277 e. The van der Waals surface area contributed by atoms with E-state index in [4.69, 9.17) is 0 Å². The van der Waals surface area contributed by atoms with Crippen LogP contribution in [-0.2, 0) is 10.8 Å². The van der Waals surface area contributed by atoms with Crippen LogP contribution in [0, 0.1) is 34.6 Å². The van der Waals surface area contributed by atoms with Crippen LogP contribution in [0.25, 0.3) is 28.5 Å². The zero-order valence-electron chi connectivity index (χ0n) is 50.9. The molecule has 0 unspecified atom stereocenters. The van der Waals surface area contributed by atoms with E-state index >= 15 is 52.7 Å². The Morgan fingerprint density at radius 1 is 0.309 bits per heavy atom. The molecule has 9 aromatic rings. The molecule has 0 saturated carbocycles. The molecule has 0 bridgehead atoms. The highest BCUT2D eigenvalue weighted by Gasteiger charge is 2.74. The molecule has 0 atom stereocenters. The van der Waals surface area contributed by atoms with Gasteiger partial charge in [0.1, 0.15) is 0 Å². The molecule has 0 fully saturated rings. The van der Waals surface area contributed by atoms with Crippen molar-refractivity contribution in [3.8, 4) is 28.5 Å². The summed E-state index contributed by atoms with van der Waals surface area (Å²) in [4.78, 5) is 114. The first kappa shape index (κ1) is 64.3. The Bertz CT molecular complexity index is 4980. The Morgan fingerprint density at radius 3 is 0.948 bits per heavy atom. The second-order valence-electron chi connectivity index (χ2n) is 23.7. The third kappa shape index (κ3) is 8.98. The predicted molar refractivity (Wildman–Crippen MR) is 324 cm³/mol. The molecule has 4 aliphatic heterocycles. The lowest BCUT2D eigenvalue weighted by Crippen LogP contribution is -2.55. The van der Waals surface area contributed by atoms with Crippen molar-refractivity contribution in [1.82, 2.24) is 19.7 Å². The van der Waals surface area contributed by atoms with Gasteiger partial charge in [-0.15, -0.1) is 10.2 Å². The van der Waals surface area contributed by atoms with Gasteiger partial charge in [-0.1, -0.05) is 72.3 Å². The second-order valence-corrected chi connectivity index (χ2v) is 23.7. The van der Waals surface area contributed by atoms with Crippen LogP contribution in [0.2, 0.25) is 0 Å². The number of carbonyl (C=O) groups is 8. The van der Waals surface area contributed by atoms with E-state index in [0.717, 1.165) is 12.6 Å². The molecule has 490 valence electrons. The number of nitrogens with zero attached hydrogens (tertiary/aromatic N) is 7. The highest BCUT2D eigenvalue weighted by Crippen LogP contribution is 2.59. The van der Waals surface area contributed by atoms with Crippen molar-refractivity contribution >= 4 is 64.3 Å². The average Bonchev–Trinajstić information content (AvgIpc) is 1.69. The number of aryl methyl sites for hydroxylation is 1. The quantitative estimate of drug-likeness (QED) is 0.0944. The van der Waals surface area contributed by atoms with Gasteiger partial charge in [0.05, 0.1) is 61.6 Å². The van der Waals surface area contributed by atoms with Gasteiger partial charge in [-0.05, 0) is 164 Å². The number of alkyl halides is 12. The molecule has 0 aliphatic carbocycles. The van der Waals surface area contributed by atoms with E-state index in [2.05, 4.69) is 10.2 Å². The minimum absolute atomic E-state index is 0.122. The summed E-state index contributed by atoms with van der Waals surface area (Å²) in [5, 5.41) is 8.87. The van der Waals surface area contributed by atoms with Gasteiger partial charge in [-0.2, -0.15) is 52.7 Å². The number of fused-ring (bicyclic) bond motifs is 4. The van der Waals surface area contributed by atoms with Gasteiger partial charge >= 0.3 is 24.7 Å². The van der Waals surface area contributed by atoms with Crippen molar-refractivity contribution in [2.75, 3.05) is 21.7 Å². The predicted octanol–water partition coefficient (Wildman–Crippen LogP) is 14.6. The summed E-state index contributed by atoms with van der Waals surface area (Å²) in [7, 11) is 0.965. The van der Waals surface area contributed by atoms with Crippen LogP contribution in [0.15, 0.2) is 152 Å².